The lowest BCUT2D eigenvalue weighted by Crippen LogP contribution is -2.49. The van der Waals surface area contributed by atoms with Gasteiger partial charge in [0.1, 0.15) is 0 Å². The highest BCUT2D eigenvalue weighted by atomic mass is 16.3. The van der Waals surface area contributed by atoms with Gasteiger partial charge in [-0.05, 0) is 68.0 Å². The fourth-order valence-electron chi connectivity index (χ4n) is 5.29. The van der Waals surface area contributed by atoms with Gasteiger partial charge in [0, 0.05) is 55.1 Å². The maximum atomic E-state index is 13.5. The molecule has 1 saturated carbocycles. The molecular weight excluding hydrogens is 422 g/mol. The van der Waals surface area contributed by atoms with E-state index >= 15 is 0 Å². The van der Waals surface area contributed by atoms with Crippen molar-refractivity contribution in [3.63, 3.8) is 0 Å². The predicted octanol–water partition coefficient (Wildman–Crippen LogP) is 4.80. The number of aliphatic hydroxyl groups excluding tert-OH is 1. The molecule has 1 spiro atoms. The molecule has 1 amide bonds. The Labute approximate surface area is 203 Å². The van der Waals surface area contributed by atoms with Crippen LogP contribution in [0.5, 0.6) is 0 Å². The third-order valence-corrected chi connectivity index (χ3v) is 7.30. The van der Waals surface area contributed by atoms with E-state index in [4.69, 9.17) is 0 Å². The average molecular weight is 460 g/mol. The van der Waals surface area contributed by atoms with Crippen molar-refractivity contribution in [1.82, 2.24) is 9.80 Å². The van der Waals surface area contributed by atoms with Crippen LogP contribution in [0.1, 0.15) is 49.0 Å². The van der Waals surface area contributed by atoms with Crippen molar-refractivity contribution in [2.24, 2.45) is 0 Å². The summed E-state index contributed by atoms with van der Waals surface area (Å²) in [5.74, 6) is 0.0163. The lowest BCUT2D eigenvalue weighted by molar-refractivity contribution is 0.0482. The number of anilines is 1. The van der Waals surface area contributed by atoms with Crippen LogP contribution in [-0.4, -0.2) is 59.6 Å². The van der Waals surface area contributed by atoms with Gasteiger partial charge in [0.25, 0.3) is 5.91 Å². The summed E-state index contributed by atoms with van der Waals surface area (Å²) in [4.78, 5) is 17.6. The van der Waals surface area contributed by atoms with E-state index in [0.717, 1.165) is 54.9 Å². The summed E-state index contributed by atoms with van der Waals surface area (Å²) in [6, 6.07) is 6.17. The standard InChI is InChI=1S/C29H37N3O2/c1-5-9-23(8-4)30-24-10-11-27-26(16-24)28(34)32(20-29(27)13-14-29)19-25(33)18-31-15-12-21(6-2)22(7-3)17-31/h5-11,16,25,30,33H,2-3,12-15,17-20H2,1,4H3/b9-5-,23-8+. The molecule has 1 aromatic carbocycles. The number of nitrogens with one attached hydrogen (secondary N) is 1. The van der Waals surface area contributed by atoms with Crippen LogP contribution in [0.25, 0.3) is 0 Å². The Morgan fingerprint density at radius 3 is 2.62 bits per heavy atom. The van der Waals surface area contributed by atoms with Gasteiger partial charge in [-0.1, -0.05) is 43.5 Å². The molecule has 5 heteroatoms. The third kappa shape index (κ3) is 4.96. The molecule has 0 aromatic heterocycles. The van der Waals surface area contributed by atoms with Crippen molar-refractivity contribution in [1.29, 1.82) is 0 Å². The minimum Gasteiger partial charge on any atom is -0.390 e. The van der Waals surface area contributed by atoms with Crippen LogP contribution >= 0.6 is 0 Å². The van der Waals surface area contributed by atoms with E-state index in [1.807, 2.05) is 55.2 Å². The second-order valence-corrected chi connectivity index (χ2v) is 9.69. The molecule has 5 nitrogen and oxygen atoms in total. The van der Waals surface area contributed by atoms with E-state index in [2.05, 4.69) is 35.5 Å². The smallest absolute Gasteiger partial charge is 0.254 e. The molecule has 2 heterocycles. The Balaban J connectivity index is 1.47. The van der Waals surface area contributed by atoms with Gasteiger partial charge in [0.2, 0.25) is 0 Å². The van der Waals surface area contributed by atoms with Crippen LogP contribution in [0.3, 0.4) is 0 Å². The zero-order chi connectivity index (χ0) is 24.3. The van der Waals surface area contributed by atoms with Crippen molar-refractivity contribution in [3.8, 4) is 0 Å². The highest BCUT2D eigenvalue weighted by Crippen LogP contribution is 2.52. The SMILES string of the molecule is C=CC1=C(C=C)CN(CC(O)CN2CC3(CC3)c3ccc(NC(/C=C\C)=C/C)cc3C2=O)CC1. The Bertz CT molecular complexity index is 1060. The normalized spacial score (nSPS) is 21.1. The summed E-state index contributed by atoms with van der Waals surface area (Å²) in [5, 5.41) is 14.3. The number of nitrogens with zero attached hydrogens (tertiary/aromatic N) is 2. The summed E-state index contributed by atoms with van der Waals surface area (Å²) in [7, 11) is 0. The van der Waals surface area contributed by atoms with E-state index in [0.29, 0.717) is 19.6 Å². The molecule has 0 saturated heterocycles. The molecule has 3 aliphatic rings. The highest BCUT2D eigenvalue weighted by molar-refractivity contribution is 5.99. The number of fused-ring (bicyclic) bond motifs is 2. The number of hydrogen-bond donors (Lipinski definition) is 2. The number of hydrogen-bond acceptors (Lipinski definition) is 4. The molecule has 1 fully saturated rings. The zero-order valence-corrected chi connectivity index (χ0v) is 20.5. The highest BCUT2D eigenvalue weighted by Gasteiger charge is 2.51. The summed E-state index contributed by atoms with van der Waals surface area (Å²) >= 11 is 0. The van der Waals surface area contributed by atoms with Gasteiger partial charge in [0.15, 0.2) is 0 Å². The number of β-amino-alcohol motifs (C(OH)–C–C–N with tert-alkyl or cyclic N) is 1. The summed E-state index contributed by atoms with van der Waals surface area (Å²) < 4.78 is 0. The number of carbonyl (C=O) groups excluding carboxylic acids is 1. The predicted molar refractivity (Wildman–Crippen MR) is 140 cm³/mol. The Morgan fingerprint density at radius 1 is 1.21 bits per heavy atom. The van der Waals surface area contributed by atoms with Crippen molar-refractivity contribution < 1.29 is 9.90 Å². The third-order valence-electron chi connectivity index (χ3n) is 7.30. The molecule has 34 heavy (non-hydrogen) atoms. The van der Waals surface area contributed by atoms with E-state index < -0.39 is 6.10 Å². The van der Waals surface area contributed by atoms with Crippen LogP contribution in [0.2, 0.25) is 0 Å². The Kier molecular flexibility index (Phi) is 7.24. The van der Waals surface area contributed by atoms with Gasteiger partial charge in [-0.2, -0.15) is 0 Å². The lowest BCUT2D eigenvalue weighted by Gasteiger charge is -2.37. The van der Waals surface area contributed by atoms with Crippen molar-refractivity contribution >= 4 is 11.6 Å². The van der Waals surface area contributed by atoms with Crippen LogP contribution in [0, 0.1) is 0 Å². The minimum absolute atomic E-state index is 0.0163. The van der Waals surface area contributed by atoms with Gasteiger partial charge in [-0.25, -0.2) is 0 Å². The van der Waals surface area contributed by atoms with Crippen LogP contribution in [0.4, 0.5) is 5.69 Å². The fraction of sp³-hybridized carbons (Fsp3) is 0.414. The number of amides is 1. The first-order valence-electron chi connectivity index (χ1n) is 12.3. The molecule has 1 aromatic rings. The summed E-state index contributed by atoms with van der Waals surface area (Å²) in [6.45, 7) is 15.0. The number of rotatable bonds is 9. The first kappa shape index (κ1) is 24.2. The number of benzene rings is 1. The van der Waals surface area contributed by atoms with E-state index in [9.17, 15) is 9.90 Å². The van der Waals surface area contributed by atoms with Crippen molar-refractivity contribution in [2.75, 3.05) is 38.0 Å². The topological polar surface area (TPSA) is 55.8 Å². The molecule has 2 aliphatic heterocycles. The maximum Gasteiger partial charge on any atom is 0.254 e. The van der Waals surface area contributed by atoms with Crippen LogP contribution < -0.4 is 5.32 Å². The monoisotopic (exact) mass is 459 g/mol. The summed E-state index contributed by atoms with van der Waals surface area (Å²) in [6.07, 6.45) is 12.3. The van der Waals surface area contributed by atoms with Gasteiger partial charge < -0.3 is 15.3 Å². The molecule has 0 bridgehead atoms. The largest absolute Gasteiger partial charge is 0.390 e. The van der Waals surface area contributed by atoms with Gasteiger partial charge >= 0.3 is 0 Å². The molecule has 180 valence electrons. The zero-order valence-electron chi connectivity index (χ0n) is 20.5. The average Bonchev–Trinajstić information content (AvgIpc) is 3.61. The lowest BCUT2D eigenvalue weighted by atomic mass is 9.86. The fourth-order valence-corrected chi connectivity index (χ4v) is 5.29. The molecular formula is C29H37N3O2. The first-order valence-corrected chi connectivity index (χ1v) is 12.3. The maximum absolute atomic E-state index is 13.5. The van der Waals surface area contributed by atoms with Crippen LogP contribution in [0.15, 0.2) is 78.6 Å². The van der Waals surface area contributed by atoms with Gasteiger partial charge in [0.05, 0.1) is 6.10 Å². The number of carbonyl (C=O) groups is 1. The van der Waals surface area contributed by atoms with Crippen molar-refractivity contribution in [2.45, 2.75) is 44.6 Å². The van der Waals surface area contributed by atoms with Crippen LogP contribution in [-0.2, 0) is 5.41 Å². The van der Waals surface area contributed by atoms with Crippen molar-refractivity contribution in [3.05, 3.63) is 89.7 Å². The van der Waals surface area contributed by atoms with E-state index in [-0.39, 0.29) is 11.3 Å². The Hall–Kier alpha value is -2.89. The second kappa shape index (κ2) is 10.2. The molecule has 1 unspecified atom stereocenters. The number of aliphatic hydroxyl groups is 1. The Morgan fingerprint density at radius 2 is 1.97 bits per heavy atom. The van der Waals surface area contributed by atoms with E-state index in [1.165, 1.54) is 11.1 Å². The molecule has 1 aliphatic carbocycles. The molecule has 1 atom stereocenters. The number of allylic oxidation sites excluding steroid dienone is 4. The van der Waals surface area contributed by atoms with Gasteiger partial charge in [-0.3, -0.25) is 9.69 Å². The van der Waals surface area contributed by atoms with Gasteiger partial charge in [-0.15, -0.1) is 0 Å². The quantitative estimate of drug-likeness (QED) is 0.521. The first-order chi connectivity index (χ1) is 16.4. The summed E-state index contributed by atoms with van der Waals surface area (Å²) in [5.41, 5.74) is 6.29. The second-order valence-electron chi connectivity index (χ2n) is 9.69. The molecule has 0 radical (unpaired) electrons. The molecule has 2 N–H and O–H groups in total. The molecule has 4 rings (SSSR count). The minimum atomic E-state index is -0.594. The van der Waals surface area contributed by atoms with E-state index in [1.54, 1.807) is 0 Å².